The van der Waals surface area contributed by atoms with Gasteiger partial charge in [0.15, 0.2) is 0 Å². The van der Waals surface area contributed by atoms with E-state index in [0.717, 1.165) is 33.5 Å². The molecular formula is C28H25ClN4O2. The summed E-state index contributed by atoms with van der Waals surface area (Å²) in [6.07, 6.45) is 0. The van der Waals surface area contributed by atoms with Crippen LogP contribution in [-0.2, 0) is 6.54 Å². The number of aryl methyl sites for hydroxylation is 2. The van der Waals surface area contributed by atoms with E-state index < -0.39 is 6.04 Å². The monoisotopic (exact) mass is 484 g/mol. The second kappa shape index (κ2) is 9.39. The number of nitrogens with one attached hydrogen (secondary N) is 1. The molecule has 5 rings (SSSR count). The largest absolute Gasteiger partial charge is 0.334 e. The van der Waals surface area contributed by atoms with Crippen LogP contribution in [0.3, 0.4) is 0 Å². The third kappa shape index (κ3) is 4.57. The maximum atomic E-state index is 13.3. The standard InChI is InChI=1S/C28H25ClN4O2/c1-17-12-13-21(14-18(17)2)25-24(27-31-26(32-35-27)22-10-7-11-23(29)15-22)19(3)33(28(34)30-25)16-20-8-5-4-6-9-20/h4-15,25H,16H2,1-3H3,(H,30,34). The minimum atomic E-state index is -0.429. The number of rotatable bonds is 5. The number of amides is 2. The molecular weight excluding hydrogens is 460 g/mol. The van der Waals surface area contributed by atoms with Gasteiger partial charge in [-0.3, -0.25) is 4.90 Å². The molecule has 2 heterocycles. The van der Waals surface area contributed by atoms with E-state index in [1.807, 2.05) is 55.5 Å². The molecule has 1 atom stereocenters. The topological polar surface area (TPSA) is 71.3 Å². The van der Waals surface area contributed by atoms with Gasteiger partial charge in [-0.05, 0) is 55.2 Å². The van der Waals surface area contributed by atoms with Crippen LogP contribution in [0.4, 0.5) is 4.79 Å². The second-order valence-corrected chi connectivity index (χ2v) is 9.17. The van der Waals surface area contributed by atoms with Crippen LogP contribution in [0.25, 0.3) is 17.0 Å². The molecule has 35 heavy (non-hydrogen) atoms. The third-order valence-corrected chi connectivity index (χ3v) is 6.62. The number of halogens is 1. The smallest absolute Gasteiger partial charge is 0.322 e. The number of benzene rings is 3. The summed E-state index contributed by atoms with van der Waals surface area (Å²) >= 11 is 6.17. The van der Waals surface area contributed by atoms with E-state index in [9.17, 15) is 4.79 Å². The van der Waals surface area contributed by atoms with Gasteiger partial charge in [0.05, 0.1) is 18.2 Å². The van der Waals surface area contributed by atoms with Crippen molar-refractivity contribution in [3.05, 3.63) is 112 Å². The molecule has 0 saturated heterocycles. The van der Waals surface area contributed by atoms with Gasteiger partial charge in [0.1, 0.15) is 0 Å². The van der Waals surface area contributed by atoms with Gasteiger partial charge in [-0.25, -0.2) is 4.79 Å². The van der Waals surface area contributed by atoms with E-state index in [2.05, 4.69) is 36.5 Å². The quantitative estimate of drug-likeness (QED) is 0.342. The predicted octanol–water partition coefficient (Wildman–Crippen LogP) is 6.70. The van der Waals surface area contributed by atoms with E-state index in [4.69, 9.17) is 21.1 Å². The number of carbonyl (C=O) groups excluding carboxylic acids is 1. The van der Waals surface area contributed by atoms with Crippen molar-refractivity contribution in [2.45, 2.75) is 33.4 Å². The lowest BCUT2D eigenvalue weighted by atomic mass is 9.92. The first-order valence-corrected chi connectivity index (χ1v) is 11.8. The van der Waals surface area contributed by atoms with Gasteiger partial charge in [-0.15, -0.1) is 0 Å². The fourth-order valence-corrected chi connectivity index (χ4v) is 4.48. The van der Waals surface area contributed by atoms with Gasteiger partial charge < -0.3 is 9.84 Å². The summed E-state index contributed by atoms with van der Waals surface area (Å²) in [5.41, 5.74) is 6.60. The molecule has 1 aliphatic rings. The van der Waals surface area contributed by atoms with Crippen molar-refractivity contribution in [3.8, 4) is 11.4 Å². The molecule has 0 radical (unpaired) electrons. The van der Waals surface area contributed by atoms with Gasteiger partial charge in [0.25, 0.3) is 5.89 Å². The summed E-state index contributed by atoms with van der Waals surface area (Å²) in [5, 5.41) is 7.98. The first-order chi connectivity index (χ1) is 16.9. The maximum Gasteiger partial charge on any atom is 0.322 e. The van der Waals surface area contributed by atoms with Crippen LogP contribution in [0.2, 0.25) is 5.02 Å². The average Bonchev–Trinajstić information content (AvgIpc) is 3.34. The second-order valence-electron chi connectivity index (χ2n) is 8.73. The Labute approximate surface area is 209 Å². The lowest BCUT2D eigenvalue weighted by molar-refractivity contribution is 0.203. The van der Waals surface area contributed by atoms with E-state index in [1.54, 1.807) is 17.0 Å². The SMILES string of the molecule is CC1=C(c2nc(-c3cccc(Cl)c3)no2)C(c2ccc(C)c(C)c2)NC(=O)N1Cc1ccccc1. The normalized spacial score (nSPS) is 15.9. The van der Waals surface area contributed by atoms with Gasteiger partial charge in [-0.1, -0.05) is 77.4 Å². The van der Waals surface area contributed by atoms with Gasteiger partial charge in [0, 0.05) is 16.3 Å². The highest BCUT2D eigenvalue weighted by Gasteiger charge is 2.36. The van der Waals surface area contributed by atoms with Crippen LogP contribution in [0.5, 0.6) is 0 Å². The first kappa shape index (κ1) is 22.9. The highest BCUT2D eigenvalue weighted by atomic mass is 35.5. The molecule has 4 aromatic rings. The Hall–Kier alpha value is -3.90. The summed E-state index contributed by atoms with van der Waals surface area (Å²) in [4.78, 5) is 19.7. The lowest BCUT2D eigenvalue weighted by Gasteiger charge is -2.35. The van der Waals surface area contributed by atoms with Crippen LogP contribution in [0, 0.1) is 13.8 Å². The maximum absolute atomic E-state index is 13.3. The van der Waals surface area contributed by atoms with Crippen molar-refractivity contribution < 1.29 is 9.32 Å². The van der Waals surface area contributed by atoms with Crippen molar-refractivity contribution in [1.29, 1.82) is 0 Å². The number of hydrogen-bond acceptors (Lipinski definition) is 4. The van der Waals surface area contributed by atoms with Crippen molar-refractivity contribution in [3.63, 3.8) is 0 Å². The van der Waals surface area contributed by atoms with Crippen molar-refractivity contribution in [2.75, 3.05) is 0 Å². The lowest BCUT2D eigenvalue weighted by Crippen LogP contribution is -2.45. The van der Waals surface area contributed by atoms with Crippen molar-refractivity contribution in [1.82, 2.24) is 20.4 Å². The predicted molar refractivity (Wildman–Crippen MR) is 137 cm³/mol. The summed E-state index contributed by atoms with van der Waals surface area (Å²) < 4.78 is 5.77. The molecule has 0 bridgehead atoms. The van der Waals surface area contributed by atoms with Gasteiger partial charge in [0.2, 0.25) is 5.82 Å². The summed E-state index contributed by atoms with van der Waals surface area (Å²) in [5.74, 6) is 0.798. The van der Waals surface area contributed by atoms with Crippen LogP contribution >= 0.6 is 11.6 Å². The van der Waals surface area contributed by atoms with Crippen LogP contribution in [0.15, 0.2) is 83.0 Å². The first-order valence-electron chi connectivity index (χ1n) is 11.4. The Kier molecular flexibility index (Phi) is 6.14. The zero-order chi connectivity index (χ0) is 24.5. The number of aromatic nitrogens is 2. The van der Waals surface area contributed by atoms with E-state index in [-0.39, 0.29) is 6.03 Å². The number of nitrogens with zero attached hydrogens (tertiary/aromatic N) is 3. The van der Waals surface area contributed by atoms with E-state index in [0.29, 0.717) is 23.3 Å². The zero-order valence-corrected chi connectivity index (χ0v) is 20.5. The number of carbonyl (C=O) groups is 1. The molecule has 176 valence electrons. The Morgan fingerprint density at radius 2 is 1.77 bits per heavy atom. The van der Waals surface area contributed by atoms with Crippen molar-refractivity contribution >= 4 is 23.2 Å². The highest BCUT2D eigenvalue weighted by molar-refractivity contribution is 6.30. The zero-order valence-electron chi connectivity index (χ0n) is 19.7. The Morgan fingerprint density at radius 1 is 0.971 bits per heavy atom. The molecule has 1 unspecified atom stereocenters. The molecule has 7 heteroatoms. The third-order valence-electron chi connectivity index (χ3n) is 6.38. The Morgan fingerprint density at radius 3 is 2.51 bits per heavy atom. The Balaban J connectivity index is 1.62. The number of hydrogen-bond donors (Lipinski definition) is 1. The molecule has 1 N–H and O–H groups in total. The van der Waals surface area contributed by atoms with Gasteiger partial charge >= 0.3 is 6.03 Å². The summed E-state index contributed by atoms with van der Waals surface area (Å²) in [7, 11) is 0. The minimum absolute atomic E-state index is 0.173. The molecule has 1 aliphatic heterocycles. The minimum Gasteiger partial charge on any atom is -0.334 e. The van der Waals surface area contributed by atoms with Crippen LogP contribution in [-0.4, -0.2) is 21.1 Å². The average molecular weight is 485 g/mol. The van der Waals surface area contributed by atoms with E-state index in [1.165, 1.54) is 5.56 Å². The highest BCUT2D eigenvalue weighted by Crippen LogP contribution is 2.38. The fraction of sp³-hybridized carbons (Fsp3) is 0.179. The molecule has 0 fully saturated rings. The molecule has 0 aliphatic carbocycles. The molecule has 0 spiro atoms. The van der Waals surface area contributed by atoms with Gasteiger partial charge in [-0.2, -0.15) is 4.98 Å². The molecule has 6 nitrogen and oxygen atoms in total. The number of allylic oxidation sites excluding steroid dienone is 1. The molecule has 0 saturated carbocycles. The molecule has 3 aromatic carbocycles. The van der Waals surface area contributed by atoms with E-state index >= 15 is 0 Å². The fourth-order valence-electron chi connectivity index (χ4n) is 4.29. The van der Waals surface area contributed by atoms with Crippen LogP contribution in [0.1, 0.15) is 41.1 Å². The van der Waals surface area contributed by atoms with Crippen molar-refractivity contribution in [2.24, 2.45) is 0 Å². The summed E-state index contributed by atoms with van der Waals surface area (Å²) in [6.45, 7) is 6.48. The summed E-state index contributed by atoms with van der Waals surface area (Å²) in [6, 6.07) is 22.8. The van der Waals surface area contributed by atoms with Crippen LogP contribution < -0.4 is 5.32 Å². The Bertz CT molecular complexity index is 1430. The molecule has 2 amide bonds. The molecule has 1 aromatic heterocycles. The number of urea groups is 1.